The third kappa shape index (κ3) is 33.2. The Morgan fingerprint density at radius 2 is 1.21 bits per heavy atom. The van der Waals surface area contributed by atoms with Crippen LogP contribution in [0.2, 0.25) is 0 Å². The van der Waals surface area contributed by atoms with Gasteiger partial charge in [0.05, 0.1) is 52.1 Å². The summed E-state index contributed by atoms with van der Waals surface area (Å²) in [6.07, 6.45) is 45.6. The number of hydrogen-bond acceptors (Lipinski definition) is 7. The van der Waals surface area contributed by atoms with Crippen LogP contribution in [0.3, 0.4) is 0 Å². The van der Waals surface area contributed by atoms with E-state index in [2.05, 4.69) is 67.8 Å². The minimum Gasteiger partial charge on any atom is -0.756 e. The number of phosphoric acid groups is 1. The van der Waals surface area contributed by atoms with E-state index in [0.717, 1.165) is 57.8 Å². The normalized spacial score (nSPS) is 18.6. The van der Waals surface area contributed by atoms with Gasteiger partial charge in [-0.3, -0.25) is 9.36 Å². The van der Waals surface area contributed by atoms with Gasteiger partial charge >= 0.3 is 0 Å². The van der Waals surface area contributed by atoms with Crippen LogP contribution in [0.25, 0.3) is 0 Å². The number of allylic oxidation sites excluding steroid dienone is 8. The van der Waals surface area contributed by atoms with E-state index in [-0.39, 0.29) is 25.5 Å². The Balaban J connectivity index is 2.34. The lowest BCUT2D eigenvalue weighted by atomic mass is 10.0. The van der Waals surface area contributed by atoms with Gasteiger partial charge in [-0.25, -0.2) is 0 Å². The Morgan fingerprint density at radius 1 is 0.732 bits per heavy atom. The summed E-state index contributed by atoms with van der Waals surface area (Å²) in [5.74, 6) is -0.252. The first-order valence-electron chi connectivity index (χ1n) is 22.3. The molecule has 0 aromatic carbocycles. The number of amides is 1. The summed E-state index contributed by atoms with van der Waals surface area (Å²) in [5.41, 5.74) is 0. The topological polar surface area (TPSA) is 120 Å². The average Bonchev–Trinajstić information content (AvgIpc) is 3.90. The highest BCUT2D eigenvalue weighted by Gasteiger charge is 2.36. The van der Waals surface area contributed by atoms with E-state index in [4.69, 9.17) is 13.8 Å². The second kappa shape index (κ2) is 34.1. The van der Waals surface area contributed by atoms with E-state index in [1.165, 1.54) is 70.6 Å². The lowest BCUT2D eigenvalue weighted by molar-refractivity contribution is -0.870. The Morgan fingerprint density at radius 3 is 1.73 bits per heavy atom. The Bertz CT molecular complexity index is 1160. The van der Waals surface area contributed by atoms with Gasteiger partial charge in [0.15, 0.2) is 0 Å². The monoisotopic (exact) mass is 807 g/mol. The van der Waals surface area contributed by atoms with E-state index in [1.54, 1.807) is 0 Å². The standard InChI is InChI=1S/C46H83N2O7P/c1-6-8-10-11-12-13-14-15-16-19-22-25-28-32-35-43(49)42(41-54-56(51,52)53-40-39-48(3,4)5)47-46(50)38-34-30-27-24-21-18-17-20-23-26-29-33-37-45-44(55-45)36-31-9-7-2/h9,18,20-21,23,27,29-31,33,42-45,49H,6-8,10-17,19,22,24-26,28,32,34-41H2,1-5H3,(H-,47,50,51,52)/b21-18-,23-20-,30-27-,31-9-,33-29-/t42-,43+,44?,45?/m0/s1. The number of carbonyl (C=O) groups excluding carboxylic acids is 1. The molecule has 1 saturated heterocycles. The molecular formula is C46H83N2O7P. The summed E-state index contributed by atoms with van der Waals surface area (Å²) in [6.45, 7) is 4.52. The number of hydrogen-bond donors (Lipinski definition) is 2. The maximum absolute atomic E-state index is 12.8. The van der Waals surface area contributed by atoms with Gasteiger partial charge in [-0.1, -0.05) is 164 Å². The van der Waals surface area contributed by atoms with Crippen molar-refractivity contribution in [2.75, 3.05) is 40.9 Å². The molecule has 1 aliphatic heterocycles. The van der Waals surface area contributed by atoms with Crippen LogP contribution in [0, 0.1) is 0 Å². The fourth-order valence-corrected chi connectivity index (χ4v) is 7.00. The molecule has 1 rings (SSSR count). The van der Waals surface area contributed by atoms with Crippen molar-refractivity contribution in [3.63, 3.8) is 0 Å². The van der Waals surface area contributed by atoms with Crippen LogP contribution < -0.4 is 10.2 Å². The zero-order valence-electron chi connectivity index (χ0n) is 36.3. The van der Waals surface area contributed by atoms with Crippen LogP contribution in [0.15, 0.2) is 60.8 Å². The molecule has 324 valence electrons. The molecule has 0 aromatic heterocycles. The number of quaternary nitrogens is 1. The molecule has 0 spiro atoms. The number of nitrogens with one attached hydrogen (secondary N) is 1. The van der Waals surface area contributed by atoms with E-state index in [0.29, 0.717) is 36.1 Å². The van der Waals surface area contributed by atoms with E-state index in [9.17, 15) is 19.4 Å². The van der Waals surface area contributed by atoms with Crippen molar-refractivity contribution in [3.05, 3.63) is 60.8 Å². The highest BCUT2D eigenvalue weighted by Crippen LogP contribution is 2.38. The highest BCUT2D eigenvalue weighted by atomic mass is 31.2. The van der Waals surface area contributed by atoms with Crippen LogP contribution in [0.4, 0.5) is 0 Å². The molecule has 0 aromatic rings. The predicted molar refractivity (Wildman–Crippen MR) is 232 cm³/mol. The Labute approximate surface area is 343 Å². The fraction of sp³-hybridized carbons (Fsp3) is 0.761. The summed E-state index contributed by atoms with van der Waals surface area (Å²) in [4.78, 5) is 25.3. The summed E-state index contributed by atoms with van der Waals surface area (Å²) in [7, 11) is 1.24. The van der Waals surface area contributed by atoms with Crippen molar-refractivity contribution in [1.29, 1.82) is 0 Å². The van der Waals surface area contributed by atoms with Crippen LogP contribution in [-0.2, 0) is 23.1 Å². The number of nitrogens with zero attached hydrogens (tertiary/aromatic N) is 1. The maximum atomic E-state index is 12.8. The smallest absolute Gasteiger partial charge is 0.268 e. The average molecular weight is 807 g/mol. The first-order chi connectivity index (χ1) is 27.0. The Hall–Kier alpha value is -1.84. The number of aliphatic hydroxyl groups excluding tert-OH is 1. The van der Waals surface area contributed by atoms with Crippen molar-refractivity contribution in [2.45, 2.75) is 186 Å². The van der Waals surface area contributed by atoms with Crippen LogP contribution >= 0.6 is 7.82 Å². The molecule has 10 heteroatoms. The van der Waals surface area contributed by atoms with Gasteiger partial charge in [0.25, 0.3) is 7.82 Å². The van der Waals surface area contributed by atoms with E-state index >= 15 is 0 Å². The lowest BCUT2D eigenvalue weighted by Gasteiger charge is -2.30. The number of unbranched alkanes of at least 4 members (excludes halogenated alkanes) is 13. The van der Waals surface area contributed by atoms with Crippen LogP contribution in [0.5, 0.6) is 0 Å². The molecule has 0 aliphatic carbocycles. The van der Waals surface area contributed by atoms with Crippen molar-refractivity contribution in [3.8, 4) is 0 Å². The summed E-state index contributed by atoms with van der Waals surface area (Å²) < 4.78 is 28.9. The number of phosphoric ester groups is 1. The Kier molecular flexibility index (Phi) is 31.7. The fourth-order valence-electron chi connectivity index (χ4n) is 6.28. The van der Waals surface area contributed by atoms with Gasteiger partial charge < -0.3 is 33.6 Å². The van der Waals surface area contributed by atoms with Gasteiger partial charge in [-0.15, -0.1) is 0 Å². The van der Waals surface area contributed by atoms with Crippen LogP contribution in [0.1, 0.15) is 162 Å². The number of epoxide rings is 1. The molecule has 0 radical (unpaired) electrons. The van der Waals surface area contributed by atoms with Crippen molar-refractivity contribution < 1.29 is 37.6 Å². The summed E-state index contributed by atoms with van der Waals surface area (Å²) >= 11 is 0. The molecule has 1 amide bonds. The van der Waals surface area contributed by atoms with E-state index < -0.39 is 20.0 Å². The van der Waals surface area contributed by atoms with Crippen molar-refractivity contribution >= 4 is 13.7 Å². The number of ether oxygens (including phenoxy) is 1. The molecule has 1 heterocycles. The largest absolute Gasteiger partial charge is 0.756 e. The molecule has 1 aliphatic rings. The van der Waals surface area contributed by atoms with Gasteiger partial charge in [0.1, 0.15) is 13.2 Å². The number of carbonyl (C=O) groups is 1. The predicted octanol–water partition coefficient (Wildman–Crippen LogP) is 10.6. The van der Waals surface area contributed by atoms with Gasteiger partial charge in [-0.05, 0) is 51.4 Å². The zero-order valence-corrected chi connectivity index (χ0v) is 37.2. The summed E-state index contributed by atoms with van der Waals surface area (Å²) in [6, 6.07) is -0.846. The SMILES string of the molecule is CC/C=C\CC1OC1C/C=C\C/C=C\C/C=C\C/C=C\CCC(=O)N[C@@H](COP(=O)([O-])OCC[N+](C)(C)C)[C@H](O)CCCCCCCCCCCCCCCC. The second-order valence-electron chi connectivity index (χ2n) is 16.4. The van der Waals surface area contributed by atoms with Crippen LogP contribution in [-0.4, -0.2) is 80.8 Å². The molecule has 1 fully saturated rings. The first-order valence-corrected chi connectivity index (χ1v) is 23.7. The molecular weight excluding hydrogens is 723 g/mol. The third-order valence-corrected chi connectivity index (χ3v) is 10.9. The zero-order chi connectivity index (χ0) is 41.2. The summed E-state index contributed by atoms with van der Waals surface area (Å²) in [5, 5.41) is 13.8. The highest BCUT2D eigenvalue weighted by molar-refractivity contribution is 7.45. The molecule has 0 bridgehead atoms. The molecule has 3 unspecified atom stereocenters. The number of likely N-dealkylation sites (N-methyl/N-ethyl adjacent to an activating group) is 1. The third-order valence-electron chi connectivity index (χ3n) is 9.94. The van der Waals surface area contributed by atoms with Gasteiger partial charge in [0.2, 0.25) is 5.91 Å². The lowest BCUT2D eigenvalue weighted by Crippen LogP contribution is -2.46. The quantitative estimate of drug-likeness (QED) is 0.0210. The molecule has 2 N–H and O–H groups in total. The van der Waals surface area contributed by atoms with Gasteiger partial charge in [-0.2, -0.15) is 0 Å². The minimum atomic E-state index is -4.59. The van der Waals surface area contributed by atoms with E-state index in [1.807, 2.05) is 33.3 Å². The molecule has 56 heavy (non-hydrogen) atoms. The maximum Gasteiger partial charge on any atom is 0.268 e. The molecule has 9 nitrogen and oxygen atoms in total. The van der Waals surface area contributed by atoms with Gasteiger partial charge in [0, 0.05) is 6.42 Å². The van der Waals surface area contributed by atoms with Crippen molar-refractivity contribution in [2.24, 2.45) is 0 Å². The first kappa shape index (κ1) is 52.2. The van der Waals surface area contributed by atoms with Crippen molar-refractivity contribution in [1.82, 2.24) is 5.32 Å². The molecule has 5 atom stereocenters. The minimum absolute atomic E-state index is 0.00615. The second-order valence-corrected chi connectivity index (χ2v) is 17.8. The molecule has 0 saturated carbocycles. The number of rotatable bonds is 38. The number of aliphatic hydroxyl groups is 1.